The van der Waals surface area contributed by atoms with Gasteiger partial charge >= 0.3 is 0 Å². The molecule has 1 unspecified atom stereocenters. The van der Waals surface area contributed by atoms with Gasteiger partial charge in [-0.1, -0.05) is 24.3 Å². The second-order valence-electron chi connectivity index (χ2n) is 9.05. The zero-order valence-corrected chi connectivity index (χ0v) is 20.4. The number of hydrogen-bond donors (Lipinski definition) is 2. The molecule has 1 aromatic carbocycles. The molecule has 1 aromatic heterocycles. The monoisotopic (exact) mass is 510 g/mol. The number of ether oxygens (including phenoxy) is 1. The number of benzene rings is 1. The van der Waals surface area contributed by atoms with Gasteiger partial charge in [-0.05, 0) is 17.5 Å². The third kappa shape index (κ3) is 4.95. The van der Waals surface area contributed by atoms with Crippen molar-refractivity contribution >= 4 is 40.7 Å². The summed E-state index contributed by atoms with van der Waals surface area (Å²) < 4.78 is 5.36. The summed E-state index contributed by atoms with van der Waals surface area (Å²) in [5.41, 5.74) is 2.62. The molecule has 2 aromatic rings. The summed E-state index contributed by atoms with van der Waals surface area (Å²) in [7, 11) is 0. The zero-order valence-electron chi connectivity index (χ0n) is 19.6. The molecule has 2 saturated heterocycles. The topological polar surface area (TPSA) is 125 Å². The number of amides is 4. The van der Waals surface area contributed by atoms with Crippen LogP contribution in [0.4, 0.5) is 0 Å². The summed E-state index contributed by atoms with van der Waals surface area (Å²) in [6.07, 6.45) is 0.474. The second-order valence-corrected chi connectivity index (χ2v) is 10.0. The molecule has 2 fully saturated rings. The van der Waals surface area contributed by atoms with Crippen molar-refractivity contribution in [2.45, 2.75) is 38.5 Å². The van der Waals surface area contributed by atoms with Crippen LogP contribution in [0.2, 0.25) is 0 Å². The predicted molar refractivity (Wildman–Crippen MR) is 129 cm³/mol. The molecule has 11 heteroatoms. The van der Waals surface area contributed by atoms with Crippen LogP contribution in [-0.2, 0) is 38.8 Å². The number of rotatable bonds is 7. The highest BCUT2D eigenvalue weighted by atomic mass is 32.1. The number of Topliss-reactive ketones (excluding diaryl/α,β-unsaturated/α-hetero) is 1. The number of thiophene rings is 1. The quantitative estimate of drug-likeness (QED) is 0.321. The Morgan fingerprint density at radius 2 is 1.86 bits per heavy atom. The lowest BCUT2D eigenvalue weighted by atomic mass is 10.0. The molecule has 4 amide bonds. The van der Waals surface area contributed by atoms with E-state index in [1.165, 1.54) is 16.2 Å². The van der Waals surface area contributed by atoms with Crippen molar-refractivity contribution in [2.75, 3.05) is 26.3 Å². The Balaban J connectivity index is 1.17. The van der Waals surface area contributed by atoms with Gasteiger partial charge in [0.15, 0.2) is 0 Å². The molecule has 4 heterocycles. The van der Waals surface area contributed by atoms with Gasteiger partial charge in [-0.15, -0.1) is 11.3 Å². The summed E-state index contributed by atoms with van der Waals surface area (Å²) in [6, 6.07) is 6.35. The van der Waals surface area contributed by atoms with E-state index in [2.05, 4.69) is 15.5 Å². The van der Waals surface area contributed by atoms with Crippen LogP contribution < -0.4 is 10.6 Å². The molecule has 5 rings (SSSR count). The molecule has 2 N–H and O–H groups in total. The lowest BCUT2D eigenvalue weighted by Gasteiger charge is -2.29. The highest BCUT2D eigenvalue weighted by Crippen LogP contribution is 2.33. The van der Waals surface area contributed by atoms with E-state index in [0.29, 0.717) is 24.3 Å². The normalized spacial score (nSPS) is 20.3. The van der Waals surface area contributed by atoms with Crippen LogP contribution in [0.3, 0.4) is 0 Å². The van der Waals surface area contributed by atoms with E-state index >= 15 is 0 Å². The SMILES string of the molecule is O=C1CCC(N2Cc3c(csc3CNC(=O)C(=O)c3ccc(CN4CCOCC4)cc3)C2=O)C(=O)N1. The van der Waals surface area contributed by atoms with E-state index in [9.17, 15) is 24.0 Å². The Hall–Kier alpha value is -3.41. The third-order valence-electron chi connectivity index (χ3n) is 6.73. The molecule has 36 heavy (non-hydrogen) atoms. The number of morpholine rings is 1. The molecule has 0 saturated carbocycles. The number of hydrogen-bond acceptors (Lipinski definition) is 8. The van der Waals surface area contributed by atoms with Crippen molar-refractivity contribution in [3.8, 4) is 0 Å². The van der Waals surface area contributed by atoms with Crippen LogP contribution in [0.25, 0.3) is 0 Å². The number of imide groups is 1. The summed E-state index contributed by atoms with van der Waals surface area (Å²) in [5.74, 6) is -2.41. The molecule has 1 atom stereocenters. The minimum Gasteiger partial charge on any atom is -0.379 e. The summed E-state index contributed by atoms with van der Waals surface area (Å²) in [4.78, 5) is 66.2. The second kappa shape index (κ2) is 10.3. The molecule has 188 valence electrons. The van der Waals surface area contributed by atoms with Crippen molar-refractivity contribution < 1.29 is 28.7 Å². The fourth-order valence-electron chi connectivity index (χ4n) is 4.70. The fraction of sp³-hybridized carbons (Fsp3) is 0.400. The average molecular weight is 511 g/mol. The number of carbonyl (C=O) groups excluding carboxylic acids is 5. The third-order valence-corrected chi connectivity index (χ3v) is 7.76. The van der Waals surface area contributed by atoms with Crippen molar-refractivity contribution in [3.63, 3.8) is 0 Å². The molecule has 0 radical (unpaired) electrons. The van der Waals surface area contributed by atoms with Gasteiger partial charge in [-0.25, -0.2) is 0 Å². The van der Waals surface area contributed by atoms with Crippen LogP contribution >= 0.6 is 11.3 Å². The Morgan fingerprint density at radius 3 is 2.58 bits per heavy atom. The van der Waals surface area contributed by atoms with Crippen molar-refractivity contribution in [1.29, 1.82) is 0 Å². The molecular formula is C25H26N4O6S. The van der Waals surface area contributed by atoms with E-state index in [1.54, 1.807) is 17.5 Å². The molecule has 3 aliphatic heterocycles. The zero-order chi connectivity index (χ0) is 25.2. The molecule has 3 aliphatic rings. The van der Waals surface area contributed by atoms with Gasteiger partial charge in [0.1, 0.15) is 6.04 Å². The molecule has 10 nitrogen and oxygen atoms in total. The first kappa shape index (κ1) is 24.3. The van der Waals surface area contributed by atoms with E-state index in [-0.39, 0.29) is 37.7 Å². The first-order valence-electron chi connectivity index (χ1n) is 11.9. The Morgan fingerprint density at radius 1 is 1.11 bits per heavy atom. The smallest absolute Gasteiger partial charge is 0.292 e. The Labute approximate surface area is 211 Å². The maximum absolute atomic E-state index is 12.8. The number of fused-ring (bicyclic) bond motifs is 1. The van der Waals surface area contributed by atoms with Gasteiger partial charge in [0.25, 0.3) is 11.8 Å². The summed E-state index contributed by atoms with van der Waals surface area (Å²) in [6.45, 7) is 4.27. The fourth-order valence-corrected chi connectivity index (χ4v) is 5.68. The highest BCUT2D eigenvalue weighted by molar-refractivity contribution is 7.10. The number of nitrogens with one attached hydrogen (secondary N) is 2. The molecule has 0 bridgehead atoms. The number of piperidine rings is 1. The standard InChI is InChI=1S/C25H26N4O6S/c30-21-6-5-19(23(32)27-21)29-13-17-18(25(29)34)14-36-20(17)11-26-24(33)22(31)16-3-1-15(2-4-16)12-28-7-9-35-10-8-28/h1-4,14,19H,5-13H2,(H,26,33)(H,27,30,32). The van der Waals surface area contributed by atoms with Crippen molar-refractivity contribution in [3.05, 3.63) is 56.8 Å². The van der Waals surface area contributed by atoms with Crippen LogP contribution in [0.15, 0.2) is 29.6 Å². The average Bonchev–Trinajstić information content (AvgIpc) is 3.43. The number of nitrogens with zero attached hydrogens (tertiary/aromatic N) is 2. The molecule has 0 aliphatic carbocycles. The highest BCUT2D eigenvalue weighted by Gasteiger charge is 2.40. The largest absolute Gasteiger partial charge is 0.379 e. The lowest BCUT2D eigenvalue weighted by Crippen LogP contribution is -2.52. The van der Waals surface area contributed by atoms with Crippen LogP contribution in [0.5, 0.6) is 0 Å². The first-order chi connectivity index (χ1) is 17.4. The summed E-state index contributed by atoms with van der Waals surface area (Å²) >= 11 is 1.33. The van der Waals surface area contributed by atoms with Gasteiger partial charge in [0.05, 0.1) is 25.3 Å². The van der Waals surface area contributed by atoms with Crippen molar-refractivity contribution in [1.82, 2.24) is 20.4 Å². The first-order valence-corrected chi connectivity index (χ1v) is 12.7. The van der Waals surface area contributed by atoms with Crippen LogP contribution in [0.1, 0.15) is 49.6 Å². The summed E-state index contributed by atoms with van der Waals surface area (Å²) in [5, 5.41) is 6.65. The maximum atomic E-state index is 12.8. The Bertz CT molecular complexity index is 1220. The van der Waals surface area contributed by atoms with E-state index in [0.717, 1.165) is 35.6 Å². The van der Waals surface area contributed by atoms with E-state index < -0.39 is 23.6 Å². The van der Waals surface area contributed by atoms with Crippen LogP contribution in [0, 0.1) is 0 Å². The van der Waals surface area contributed by atoms with Crippen molar-refractivity contribution in [2.24, 2.45) is 0 Å². The minimum absolute atomic E-state index is 0.107. The lowest BCUT2D eigenvalue weighted by molar-refractivity contribution is -0.136. The van der Waals surface area contributed by atoms with Gasteiger partial charge in [0.2, 0.25) is 17.6 Å². The molecular weight excluding hydrogens is 484 g/mol. The minimum atomic E-state index is -0.718. The maximum Gasteiger partial charge on any atom is 0.292 e. The number of ketones is 1. The van der Waals surface area contributed by atoms with E-state index in [1.807, 2.05) is 12.1 Å². The molecule has 0 spiro atoms. The number of carbonyl (C=O) groups is 5. The van der Waals surface area contributed by atoms with Gasteiger partial charge in [-0.2, -0.15) is 0 Å². The van der Waals surface area contributed by atoms with Gasteiger partial charge in [-0.3, -0.25) is 34.2 Å². The van der Waals surface area contributed by atoms with Gasteiger partial charge < -0.3 is 15.0 Å². The van der Waals surface area contributed by atoms with Gasteiger partial charge in [0, 0.05) is 48.4 Å². The Kier molecular flexibility index (Phi) is 6.95. The van der Waals surface area contributed by atoms with E-state index in [4.69, 9.17) is 4.74 Å². The van der Waals surface area contributed by atoms with Crippen LogP contribution in [-0.4, -0.2) is 71.6 Å². The predicted octanol–water partition coefficient (Wildman–Crippen LogP) is 0.840.